The lowest BCUT2D eigenvalue weighted by Gasteiger charge is -2.27. The van der Waals surface area contributed by atoms with Crippen LogP contribution in [0.1, 0.15) is 24.1 Å². The first-order valence-corrected chi connectivity index (χ1v) is 13.0. The highest BCUT2D eigenvalue weighted by molar-refractivity contribution is 6.88. The Morgan fingerprint density at radius 2 is 1.96 bits per heavy atom. The number of rotatable bonds is 5. The van der Waals surface area contributed by atoms with Crippen LogP contribution in [0.25, 0.3) is 0 Å². The largest absolute Gasteiger partial charge is 0.494 e. The Labute approximate surface area is 165 Å². The summed E-state index contributed by atoms with van der Waals surface area (Å²) in [6.45, 7) is 8.94. The third-order valence-electron chi connectivity index (χ3n) is 4.86. The fourth-order valence-electron chi connectivity index (χ4n) is 3.45. The molecule has 28 heavy (non-hydrogen) atoms. The maximum Gasteiger partial charge on any atom is 0.246 e. The molecule has 150 valence electrons. The molecule has 1 amide bonds. The van der Waals surface area contributed by atoms with Crippen molar-refractivity contribution in [2.24, 2.45) is 0 Å². The van der Waals surface area contributed by atoms with Crippen LogP contribution >= 0.6 is 0 Å². The van der Waals surface area contributed by atoms with Gasteiger partial charge in [0.2, 0.25) is 5.91 Å². The van der Waals surface area contributed by atoms with Gasteiger partial charge >= 0.3 is 0 Å². The molecule has 0 saturated heterocycles. The van der Waals surface area contributed by atoms with Crippen molar-refractivity contribution < 1.29 is 18.3 Å². The van der Waals surface area contributed by atoms with Gasteiger partial charge in [-0.25, -0.2) is 8.78 Å². The summed E-state index contributed by atoms with van der Waals surface area (Å²) in [6, 6.07) is 7.28. The van der Waals surface area contributed by atoms with Crippen molar-refractivity contribution >= 4 is 24.9 Å². The Bertz CT molecular complexity index is 897. The van der Waals surface area contributed by atoms with Crippen molar-refractivity contribution in [1.29, 1.82) is 0 Å². The quantitative estimate of drug-likeness (QED) is 0.747. The first-order valence-electron chi connectivity index (χ1n) is 9.50. The third-order valence-corrected chi connectivity index (χ3v) is 6.86. The van der Waals surface area contributed by atoms with E-state index in [0.717, 1.165) is 29.4 Å². The zero-order valence-corrected chi connectivity index (χ0v) is 17.7. The topological polar surface area (TPSA) is 50.4 Å². The Balaban J connectivity index is 1.84. The molecular formula is C21H26F2N2O2Si. The van der Waals surface area contributed by atoms with E-state index in [1.807, 2.05) is 44.8 Å². The molecule has 0 aliphatic carbocycles. The number of carbonyl (C=O) groups is 1. The van der Waals surface area contributed by atoms with E-state index < -0.39 is 31.7 Å². The molecule has 0 spiro atoms. The lowest BCUT2D eigenvalue weighted by atomic mass is 9.93. The van der Waals surface area contributed by atoms with E-state index in [2.05, 4.69) is 10.6 Å². The number of anilines is 1. The number of amides is 1. The fraction of sp³-hybridized carbons (Fsp3) is 0.381. The van der Waals surface area contributed by atoms with E-state index >= 15 is 0 Å². The summed E-state index contributed by atoms with van der Waals surface area (Å²) in [4.78, 5) is 12.8. The number of halogens is 2. The van der Waals surface area contributed by atoms with Crippen molar-refractivity contribution in [2.45, 2.75) is 39.0 Å². The van der Waals surface area contributed by atoms with Gasteiger partial charge in [0, 0.05) is 12.6 Å². The monoisotopic (exact) mass is 404 g/mol. The molecule has 1 atom stereocenters. The third kappa shape index (κ3) is 4.25. The first kappa shape index (κ1) is 20.5. The number of fused-ring (bicyclic) bond motifs is 1. The standard InChI is InChI=1S/C21H26F2N2O2Si/c1-5-27-14-6-7-15-13(10-14)8-9-24-20(15)21(26)25-18-11-17(23)19(12-16(18)22)28(2,3)4/h6-7,10-12,20,24H,5,8-9H2,1-4H3,(H,25,26)/t20-/m1/s1. The van der Waals surface area contributed by atoms with Crippen LogP contribution in [0, 0.1) is 11.6 Å². The Morgan fingerprint density at radius 1 is 1.21 bits per heavy atom. The van der Waals surface area contributed by atoms with Crippen molar-refractivity contribution in [3.63, 3.8) is 0 Å². The van der Waals surface area contributed by atoms with Gasteiger partial charge in [-0.3, -0.25) is 4.79 Å². The van der Waals surface area contributed by atoms with Crippen LogP contribution in [-0.4, -0.2) is 27.1 Å². The summed E-state index contributed by atoms with van der Waals surface area (Å²) in [6.07, 6.45) is 0.772. The highest BCUT2D eigenvalue weighted by atomic mass is 28.3. The second-order valence-corrected chi connectivity index (χ2v) is 13.0. The smallest absolute Gasteiger partial charge is 0.246 e. The predicted molar refractivity (Wildman–Crippen MR) is 110 cm³/mol. The van der Waals surface area contributed by atoms with Crippen LogP contribution in [-0.2, 0) is 11.2 Å². The van der Waals surface area contributed by atoms with Gasteiger partial charge in [-0.2, -0.15) is 0 Å². The molecule has 1 aliphatic rings. The zero-order valence-electron chi connectivity index (χ0n) is 16.7. The summed E-state index contributed by atoms with van der Waals surface area (Å²) in [7, 11) is -2.02. The average molecular weight is 405 g/mol. The predicted octanol–water partition coefficient (Wildman–Crippen LogP) is 3.73. The Kier molecular flexibility index (Phi) is 5.86. The summed E-state index contributed by atoms with van der Waals surface area (Å²) >= 11 is 0. The van der Waals surface area contributed by atoms with Crippen LogP contribution < -0.4 is 20.6 Å². The zero-order chi connectivity index (χ0) is 20.5. The molecule has 0 saturated carbocycles. The maximum absolute atomic E-state index is 14.5. The first-order chi connectivity index (χ1) is 13.2. The summed E-state index contributed by atoms with van der Waals surface area (Å²) in [5.41, 5.74) is 1.71. The van der Waals surface area contributed by atoms with Gasteiger partial charge in [0.15, 0.2) is 0 Å². The van der Waals surface area contributed by atoms with E-state index in [9.17, 15) is 13.6 Å². The molecule has 0 aromatic heterocycles. The van der Waals surface area contributed by atoms with Gasteiger partial charge in [-0.15, -0.1) is 0 Å². The molecule has 7 heteroatoms. The van der Waals surface area contributed by atoms with E-state index in [1.165, 1.54) is 6.07 Å². The molecule has 0 fully saturated rings. The highest BCUT2D eigenvalue weighted by Crippen LogP contribution is 2.28. The summed E-state index contributed by atoms with van der Waals surface area (Å²) in [5, 5.41) is 6.11. The highest BCUT2D eigenvalue weighted by Gasteiger charge is 2.28. The minimum Gasteiger partial charge on any atom is -0.494 e. The summed E-state index contributed by atoms with van der Waals surface area (Å²) in [5.74, 6) is -0.745. The molecule has 1 aliphatic heterocycles. The van der Waals surface area contributed by atoms with Gasteiger partial charge < -0.3 is 15.4 Å². The second kappa shape index (κ2) is 8.01. The van der Waals surface area contributed by atoms with Crippen molar-refractivity contribution in [3.8, 4) is 5.75 Å². The molecule has 1 heterocycles. The Hall–Kier alpha value is -2.25. The fourth-order valence-corrected chi connectivity index (χ4v) is 4.80. The normalized spacial score (nSPS) is 16.4. The van der Waals surface area contributed by atoms with Crippen molar-refractivity contribution in [2.75, 3.05) is 18.5 Å². The average Bonchev–Trinajstić information content (AvgIpc) is 2.63. The number of hydrogen-bond donors (Lipinski definition) is 2. The van der Waals surface area contributed by atoms with Crippen LogP contribution in [0.5, 0.6) is 5.75 Å². The Morgan fingerprint density at radius 3 is 2.64 bits per heavy atom. The molecular weight excluding hydrogens is 378 g/mol. The molecule has 3 rings (SSSR count). The van der Waals surface area contributed by atoms with E-state index in [-0.39, 0.29) is 5.69 Å². The lowest BCUT2D eigenvalue weighted by molar-refractivity contribution is -0.118. The van der Waals surface area contributed by atoms with Gasteiger partial charge in [-0.05, 0) is 47.9 Å². The van der Waals surface area contributed by atoms with Crippen LogP contribution in [0.4, 0.5) is 14.5 Å². The van der Waals surface area contributed by atoms with Gasteiger partial charge in [0.25, 0.3) is 0 Å². The summed E-state index contributed by atoms with van der Waals surface area (Å²) < 4.78 is 34.5. The van der Waals surface area contributed by atoms with Crippen molar-refractivity contribution in [1.82, 2.24) is 5.32 Å². The number of nitrogens with one attached hydrogen (secondary N) is 2. The molecule has 0 radical (unpaired) electrons. The second-order valence-electron chi connectivity index (χ2n) is 7.98. The lowest BCUT2D eigenvalue weighted by Crippen LogP contribution is -2.41. The van der Waals surface area contributed by atoms with Crippen LogP contribution in [0.3, 0.4) is 0 Å². The van der Waals surface area contributed by atoms with E-state index in [1.54, 1.807) is 0 Å². The van der Waals surface area contributed by atoms with Crippen molar-refractivity contribution in [3.05, 3.63) is 53.1 Å². The van der Waals surface area contributed by atoms with Crippen LogP contribution in [0.2, 0.25) is 19.6 Å². The minimum atomic E-state index is -2.02. The molecule has 2 N–H and O–H groups in total. The van der Waals surface area contributed by atoms with Crippen LogP contribution in [0.15, 0.2) is 30.3 Å². The van der Waals surface area contributed by atoms with Gasteiger partial charge in [0.1, 0.15) is 23.4 Å². The molecule has 2 aromatic rings. The van der Waals surface area contributed by atoms with Gasteiger partial charge in [0.05, 0.1) is 20.4 Å². The van der Waals surface area contributed by atoms with E-state index in [0.29, 0.717) is 18.3 Å². The number of carbonyl (C=O) groups excluding carboxylic acids is 1. The number of benzene rings is 2. The number of hydrogen-bond acceptors (Lipinski definition) is 3. The SMILES string of the molecule is CCOc1ccc2c(c1)CCN[C@H]2C(=O)Nc1cc(F)c([Si](C)(C)C)cc1F. The van der Waals surface area contributed by atoms with Gasteiger partial charge in [-0.1, -0.05) is 25.7 Å². The molecule has 4 nitrogen and oxygen atoms in total. The molecule has 0 unspecified atom stereocenters. The minimum absolute atomic E-state index is 0.135. The molecule has 0 bridgehead atoms. The number of ether oxygens (including phenoxy) is 1. The maximum atomic E-state index is 14.5. The van der Waals surface area contributed by atoms with E-state index in [4.69, 9.17) is 4.74 Å². The molecule has 2 aromatic carbocycles.